The van der Waals surface area contributed by atoms with E-state index < -0.39 is 6.04 Å². The summed E-state index contributed by atoms with van der Waals surface area (Å²) < 4.78 is 10.8. The van der Waals surface area contributed by atoms with Crippen molar-refractivity contribution in [1.82, 2.24) is 10.2 Å². The number of likely N-dealkylation sites (N-methyl/N-ethyl adjacent to an activating group) is 1. The van der Waals surface area contributed by atoms with Crippen molar-refractivity contribution in [3.63, 3.8) is 0 Å². The van der Waals surface area contributed by atoms with Gasteiger partial charge in [-0.05, 0) is 48.7 Å². The summed E-state index contributed by atoms with van der Waals surface area (Å²) in [4.78, 5) is 26.5. The molecule has 0 spiro atoms. The smallest absolute Gasteiger partial charge is 0.261 e. The van der Waals surface area contributed by atoms with E-state index in [4.69, 9.17) is 9.47 Å². The molecule has 0 radical (unpaired) electrons. The second kappa shape index (κ2) is 10.3. The van der Waals surface area contributed by atoms with Crippen LogP contribution in [0.1, 0.15) is 25.0 Å². The van der Waals surface area contributed by atoms with Crippen LogP contribution in [0.5, 0.6) is 11.5 Å². The van der Waals surface area contributed by atoms with Gasteiger partial charge in [-0.1, -0.05) is 31.2 Å². The van der Waals surface area contributed by atoms with Gasteiger partial charge in [0.05, 0.1) is 7.11 Å². The number of ether oxygens (including phenoxy) is 2. The Bertz CT molecular complexity index is 772. The van der Waals surface area contributed by atoms with Gasteiger partial charge in [0.2, 0.25) is 5.91 Å². The van der Waals surface area contributed by atoms with Gasteiger partial charge in [0.1, 0.15) is 17.5 Å². The van der Waals surface area contributed by atoms with Gasteiger partial charge in [-0.25, -0.2) is 0 Å². The van der Waals surface area contributed by atoms with E-state index in [9.17, 15) is 9.59 Å². The Kier molecular flexibility index (Phi) is 7.87. The summed E-state index contributed by atoms with van der Waals surface area (Å²) in [5.74, 6) is 0.878. The Morgan fingerprint density at radius 1 is 1.00 bits per heavy atom. The van der Waals surface area contributed by atoms with E-state index in [-0.39, 0.29) is 18.4 Å². The molecule has 6 nitrogen and oxygen atoms in total. The van der Waals surface area contributed by atoms with Crippen LogP contribution < -0.4 is 14.8 Å². The molecule has 150 valence electrons. The molecule has 0 heterocycles. The van der Waals surface area contributed by atoms with Crippen LogP contribution in [0.4, 0.5) is 0 Å². The summed E-state index contributed by atoms with van der Waals surface area (Å²) in [6, 6.07) is 14.4. The number of nitrogens with zero attached hydrogens (tertiary/aromatic N) is 1. The summed E-state index contributed by atoms with van der Waals surface area (Å²) >= 11 is 0. The molecule has 1 N–H and O–H groups in total. The number of carbonyl (C=O) groups is 2. The Hall–Kier alpha value is -3.02. The number of hydrogen-bond acceptors (Lipinski definition) is 4. The molecule has 1 atom stereocenters. The van der Waals surface area contributed by atoms with Crippen molar-refractivity contribution in [2.75, 3.05) is 20.8 Å². The first-order valence-corrected chi connectivity index (χ1v) is 9.34. The molecule has 0 aliphatic heterocycles. The molecule has 2 aromatic carbocycles. The van der Waals surface area contributed by atoms with E-state index in [2.05, 4.69) is 12.2 Å². The Morgan fingerprint density at radius 3 is 2.11 bits per heavy atom. The van der Waals surface area contributed by atoms with Crippen LogP contribution in [0, 0.1) is 0 Å². The molecule has 0 saturated carbocycles. The lowest BCUT2D eigenvalue weighted by Gasteiger charge is -2.28. The molecule has 28 heavy (non-hydrogen) atoms. The third-order valence-electron chi connectivity index (χ3n) is 4.62. The van der Waals surface area contributed by atoms with Gasteiger partial charge >= 0.3 is 0 Å². The van der Waals surface area contributed by atoms with E-state index in [1.54, 1.807) is 21.1 Å². The molecule has 6 heteroatoms. The first-order valence-electron chi connectivity index (χ1n) is 9.34. The minimum absolute atomic E-state index is 0.136. The molecule has 2 rings (SSSR count). The van der Waals surface area contributed by atoms with Crippen molar-refractivity contribution < 1.29 is 19.1 Å². The lowest BCUT2D eigenvalue weighted by atomic mass is 10.1. The Balaban J connectivity index is 2.09. The number of carbonyl (C=O) groups excluding carboxylic acids is 2. The third kappa shape index (κ3) is 5.74. The lowest BCUT2D eigenvalue weighted by molar-refractivity contribution is -0.142. The van der Waals surface area contributed by atoms with Crippen LogP contribution in [0.25, 0.3) is 0 Å². The van der Waals surface area contributed by atoms with Gasteiger partial charge in [0, 0.05) is 13.6 Å². The first kappa shape index (κ1) is 21.3. The van der Waals surface area contributed by atoms with Crippen molar-refractivity contribution in [2.45, 2.75) is 32.9 Å². The van der Waals surface area contributed by atoms with E-state index >= 15 is 0 Å². The van der Waals surface area contributed by atoms with Crippen molar-refractivity contribution in [1.29, 1.82) is 0 Å². The normalized spacial score (nSPS) is 11.4. The zero-order valence-electron chi connectivity index (χ0n) is 16.9. The van der Waals surface area contributed by atoms with Crippen molar-refractivity contribution in [2.24, 2.45) is 0 Å². The second-order valence-electron chi connectivity index (χ2n) is 6.45. The highest BCUT2D eigenvalue weighted by atomic mass is 16.5. The van der Waals surface area contributed by atoms with Crippen LogP contribution in [-0.2, 0) is 22.6 Å². The fourth-order valence-electron chi connectivity index (χ4n) is 2.77. The van der Waals surface area contributed by atoms with Crippen LogP contribution in [0.15, 0.2) is 48.5 Å². The molecule has 0 bridgehead atoms. The molecular formula is C22H28N2O4. The molecule has 2 amide bonds. The maximum atomic E-state index is 12.8. The number of amides is 2. The number of hydrogen-bond donors (Lipinski definition) is 1. The van der Waals surface area contributed by atoms with Crippen LogP contribution in [-0.4, -0.2) is 43.5 Å². The Labute approximate surface area is 166 Å². The first-order chi connectivity index (χ1) is 13.5. The molecule has 0 saturated heterocycles. The van der Waals surface area contributed by atoms with Crippen molar-refractivity contribution >= 4 is 11.8 Å². The summed E-state index contributed by atoms with van der Waals surface area (Å²) in [6.07, 6.45) is 0.943. The average Bonchev–Trinajstić information content (AvgIpc) is 2.75. The number of benzene rings is 2. The van der Waals surface area contributed by atoms with Gasteiger partial charge < -0.3 is 19.7 Å². The summed E-state index contributed by atoms with van der Waals surface area (Å²) in [6.45, 7) is 3.95. The zero-order chi connectivity index (χ0) is 20.5. The molecule has 0 aromatic heterocycles. The summed E-state index contributed by atoms with van der Waals surface area (Å²) in [7, 11) is 3.16. The minimum atomic E-state index is -0.620. The molecule has 0 fully saturated rings. The molecule has 0 aliphatic carbocycles. The topological polar surface area (TPSA) is 67.9 Å². The van der Waals surface area contributed by atoms with Gasteiger partial charge in [0.15, 0.2) is 6.61 Å². The van der Waals surface area contributed by atoms with Crippen molar-refractivity contribution in [3.05, 3.63) is 59.7 Å². The monoisotopic (exact) mass is 384 g/mol. The van der Waals surface area contributed by atoms with E-state index in [1.165, 1.54) is 10.5 Å². The van der Waals surface area contributed by atoms with E-state index in [0.717, 1.165) is 17.7 Å². The number of methoxy groups -OCH3 is 1. The predicted octanol–water partition coefficient (Wildman–Crippen LogP) is 2.80. The fourth-order valence-corrected chi connectivity index (χ4v) is 2.77. The van der Waals surface area contributed by atoms with Gasteiger partial charge in [0.25, 0.3) is 5.91 Å². The Morgan fingerprint density at radius 2 is 1.57 bits per heavy atom. The fraction of sp³-hybridized carbons (Fsp3) is 0.364. The van der Waals surface area contributed by atoms with Crippen molar-refractivity contribution in [3.8, 4) is 11.5 Å². The minimum Gasteiger partial charge on any atom is -0.497 e. The van der Waals surface area contributed by atoms with Gasteiger partial charge in [-0.15, -0.1) is 0 Å². The van der Waals surface area contributed by atoms with E-state index in [0.29, 0.717) is 12.3 Å². The highest BCUT2D eigenvalue weighted by Crippen LogP contribution is 2.16. The molecule has 0 aliphatic rings. The highest BCUT2D eigenvalue weighted by molar-refractivity contribution is 5.87. The maximum absolute atomic E-state index is 12.8. The quantitative estimate of drug-likeness (QED) is 0.722. The van der Waals surface area contributed by atoms with E-state index in [1.807, 2.05) is 48.5 Å². The van der Waals surface area contributed by atoms with Gasteiger partial charge in [-0.2, -0.15) is 0 Å². The maximum Gasteiger partial charge on any atom is 0.261 e. The molecular weight excluding hydrogens is 356 g/mol. The lowest BCUT2D eigenvalue weighted by Crippen LogP contribution is -2.48. The van der Waals surface area contributed by atoms with Gasteiger partial charge in [-0.3, -0.25) is 9.59 Å². The predicted molar refractivity (Wildman–Crippen MR) is 108 cm³/mol. The number of aryl methyl sites for hydroxylation is 1. The average molecular weight is 384 g/mol. The molecule has 2 aromatic rings. The second-order valence-corrected chi connectivity index (χ2v) is 6.45. The van der Waals surface area contributed by atoms with Crippen LogP contribution in [0.2, 0.25) is 0 Å². The highest BCUT2D eigenvalue weighted by Gasteiger charge is 2.25. The molecule has 1 unspecified atom stereocenters. The summed E-state index contributed by atoms with van der Waals surface area (Å²) in [5, 5.41) is 2.60. The SMILES string of the molecule is CCc1ccc(OCC(=O)N(Cc2ccc(OC)cc2)C(C)C(=O)NC)cc1. The van der Waals surface area contributed by atoms with Crippen LogP contribution >= 0.6 is 0 Å². The summed E-state index contributed by atoms with van der Waals surface area (Å²) in [5.41, 5.74) is 2.10. The number of nitrogens with one attached hydrogen (secondary N) is 1. The zero-order valence-corrected chi connectivity index (χ0v) is 16.9. The largest absolute Gasteiger partial charge is 0.497 e. The van der Waals surface area contributed by atoms with Crippen LogP contribution in [0.3, 0.4) is 0 Å². The standard InChI is InChI=1S/C22H28N2O4/c1-5-17-6-12-20(13-7-17)28-15-21(25)24(16(2)22(26)23-3)14-18-8-10-19(27-4)11-9-18/h6-13,16H,5,14-15H2,1-4H3,(H,23,26). The number of rotatable bonds is 9. The third-order valence-corrected chi connectivity index (χ3v) is 4.62.